The summed E-state index contributed by atoms with van der Waals surface area (Å²) in [5.41, 5.74) is 1.75. The number of nitrogens with one attached hydrogen (secondary N) is 1. The maximum absolute atomic E-state index is 11.9. The van der Waals surface area contributed by atoms with Crippen LogP contribution in [0.2, 0.25) is 0 Å². The average Bonchev–Trinajstić information content (AvgIpc) is 2.85. The normalized spacial score (nSPS) is 14.7. The quantitative estimate of drug-likeness (QED) is 0.809. The Labute approximate surface area is 120 Å². The van der Waals surface area contributed by atoms with E-state index in [0.29, 0.717) is 18.5 Å². The SMILES string of the molecule is CCCCNC(=O)c1ccc(CN2CCCC2=O)cc1. The average molecular weight is 274 g/mol. The van der Waals surface area contributed by atoms with Crippen LogP contribution in [-0.4, -0.2) is 29.8 Å². The molecule has 2 amide bonds. The molecule has 2 rings (SSSR count). The molecule has 1 fully saturated rings. The predicted molar refractivity (Wildman–Crippen MR) is 78.3 cm³/mol. The van der Waals surface area contributed by atoms with Gasteiger partial charge in [0, 0.05) is 31.6 Å². The fraction of sp³-hybridized carbons (Fsp3) is 0.500. The molecule has 0 radical (unpaired) electrons. The fourth-order valence-electron chi connectivity index (χ4n) is 2.33. The minimum atomic E-state index is -0.0257. The van der Waals surface area contributed by atoms with Crippen molar-refractivity contribution in [3.63, 3.8) is 0 Å². The lowest BCUT2D eigenvalue weighted by Gasteiger charge is -2.15. The van der Waals surface area contributed by atoms with Crippen molar-refractivity contribution in [3.8, 4) is 0 Å². The zero-order chi connectivity index (χ0) is 14.4. The molecule has 4 heteroatoms. The van der Waals surface area contributed by atoms with Crippen LogP contribution in [0.5, 0.6) is 0 Å². The van der Waals surface area contributed by atoms with Gasteiger partial charge < -0.3 is 10.2 Å². The van der Waals surface area contributed by atoms with Gasteiger partial charge in [-0.1, -0.05) is 25.5 Å². The summed E-state index contributed by atoms with van der Waals surface area (Å²) < 4.78 is 0. The Bertz CT molecular complexity index is 468. The van der Waals surface area contributed by atoms with Gasteiger partial charge in [-0.2, -0.15) is 0 Å². The monoisotopic (exact) mass is 274 g/mol. The van der Waals surface area contributed by atoms with Crippen LogP contribution in [-0.2, 0) is 11.3 Å². The summed E-state index contributed by atoms with van der Waals surface area (Å²) >= 11 is 0. The minimum Gasteiger partial charge on any atom is -0.352 e. The predicted octanol–water partition coefficient (Wildman–Crippen LogP) is 2.34. The first-order chi connectivity index (χ1) is 9.70. The number of carbonyl (C=O) groups excluding carboxylic acids is 2. The third-order valence-corrected chi connectivity index (χ3v) is 3.58. The number of unbranched alkanes of at least 4 members (excludes halogenated alkanes) is 1. The van der Waals surface area contributed by atoms with Crippen LogP contribution in [0.15, 0.2) is 24.3 Å². The number of likely N-dealkylation sites (tertiary alicyclic amines) is 1. The van der Waals surface area contributed by atoms with Crippen LogP contribution in [0, 0.1) is 0 Å². The van der Waals surface area contributed by atoms with Crippen molar-refractivity contribution in [2.75, 3.05) is 13.1 Å². The summed E-state index contributed by atoms with van der Waals surface area (Å²) in [6, 6.07) is 7.52. The molecule has 0 atom stereocenters. The first kappa shape index (κ1) is 14.6. The van der Waals surface area contributed by atoms with E-state index in [2.05, 4.69) is 12.2 Å². The molecule has 0 unspecified atom stereocenters. The van der Waals surface area contributed by atoms with Gasteiger partial charge in [0.1, 0.15) is 0 Å². The van der Waals surface area contributed by atoms with Crippen molar-refractivity contribution in [3.05, 3.63) is 35.4 Å². The topological polar surface area (TPSA) is 49.4 Å². The number of hydrogen-bond donors (Lipinski definition) is 1. The Morgan fingerprint density at radius 1 is 1.30 bits per heavy atom. The lowest BCUT2D eigenvalue weighted by atomic mass is 10.1. The van der Waals surface area contributed by atoms with Crippen LogP contribution in [0.3, 0.4) is 0 Å². The van der Waals surface area contributed by atoms with Gasteiger partial charge in [0.25, 0.3) is 5.91 Å². The number of hydrogen-bond acceptors (Lipinski definition) is 2. The second-order valence-corrected chi connectivity index (χ2v) is 5.23. The van der Waals surface area contributed by atoms with Crippen LogP contribution in [0.4, 0.5) is 0 Å². The molecule has 1 aliphatic heterocycles. The Kier molecular flexibility index (Phi) is 5.16. The first-order valence-corrected chi connectivity index (χ1v) is 7.35. The van der Waals surface area contributed by atoms with E-state index in [9.17, 15) is 9.59 Å². The molecule has 0 spiro atoms. The van der Waals surface area contributed by atoms with E-state index < -0.39 is 0 Å². The molecule has 1 aromatic carbocycles. The van der Waals surface area contributed by atoms with Gasteiger partial charge in [-0.15, -0.1) is 0 Å². The molecule has 0 saturated carbocycles. The van der Waals surface area contributed by atoms with Gasteiger partial charge in [0.15, 0.2) is 0 Å². The second-order valence-electron chi connectivity index (χ2n) is 5.23. The van der Waals surface area contributed by atoms with Crippen molar-refractivity contribution in [2.24, 2.45) is 0 Å². The van der Waals surface area contributed by atoms with E-state index >= 15 is 0 Å². The third-order valence-electron chi connectivity index (χ3n) is 3.58. The zero-order valence-electron chi connectivity index (χ0n) is 12.0. The Morgan fingerprint density at radius 2 is 2.05 bits per heavy atom. The first-order valence-electron chi connectivity index (χ1n) is 7.35. The highest BCUT2D eigenvalue weighted by molar-refractivity contribution is 5.94. The largest absolute Gasteiger partial charge is 0.352 e. The number of rotatable bonds is 6. The van der Waals surface area contributed by atoms with E-state index in [-0.39, 0.29) is 11.8 Å². The minimum absolute atomic E-state index is 0.0257. The van der Waals surface area contributed by atoms with E-state index in [1.165, 1.54) is 0 Å². The van der Waals surface area contributed by atoms with Crippen molar-refractivity contribution in [2.45, 2.75) is 39.2 Å². The van der Waals surface area contributed by atoms with Crippen LogP contribution >= 0.6 is 0 Å². The Morgan fingerprint density at radius 3 is 2.65 bits per heavy atom. The Hall–Kier alpha value is -1.84. The summed E-state index contributed by atoms with van der Waals surface area (Å²) in [4.78, 5) is 25.3. The molecule has 108 valence electrons. The molecule has 0 aromatic heterocycles. The van der Waals surface area contributed by atoms with Gasteiger partial charge in [-0.3, -0.25) is 9.59 Å². The van der Waals surface area contributed by atoms with Gasteiger partial charge >= 0.3 is 0 Å². The summed E-state index contributed by atoms with van der Waals surface area (Å²) in [6.45, 7) is 4.31. The standard InChI is InChI=1S/C16H22N2O2/c1-2-3-10-17-16(20)14-8-6-13(7-9-14)12-18-11-4-5-15(18)19/h6-9H,2-5,10-12H2,1H3,(H,17,20). The summed E-state index contributed by atoms with van der Waals surface area (Å²) in [5, 5.41) is 2.90. The fourth-order valence-corrected chi connectivity index (χ4v) is 2.33. The molecular weight excluding hydrogens is 252 g/mol. The molecule has 4 nitrogen and oxygen atoms in total. The third kappa shape index (κ3) is 3.83. The van der Waals surface area contributed by atoms with Gasteiger partial charge in [-0.05, 0) is 30.5 Å². The summed E-state index contributed by atoms with van der Waals surface area (Å²) in [5.74, 6) is 0.202. The maximum atomic E-state index is 11.9. The molecule has 0 aliphatic carbocycles. The van der Waals surface area contributed by atoms with Gasteiger partial charge in [-0.25, -0.2) is 0 Å². The van der Waals surface area contributed by atoms with Crippen molar-refractivity contribution in [1.82, 2.24) is 10.2 Å². The lowest BCUT2D eigenvalue weighted by Crippen LogP contribution is -2.25. The highest BCUT2D eigenvalue weighted by Crippen LogP contribution is 2.14. The number of amides is 2. The van der Waals surface area contributed by atoms with Crippen LogP contribution in [0.25, 0.3) is 0 Å². The zero-order valence-corrected chi connectivity index (χ0v) is 12.0. The summed E-state index contributed by atoms with van der Waals surface area (Å²) in [7, 11) is 0. The van der Waals surface area contributed by atoms with E-state index in [1.54, 1.807) is 0 Å². The maximum Gasteiger partial charge on any atom is 0.251 e. The van der Waals surface area contributed by atoms with Crippen molar-refractivity contribution < 1.29 is 9.59 Å². The molecule has 0 bridgehead atoms. The molecule has 1 heterocycles. The van der Waals surface area contributed by atoms with E-state index in [1.807, 2.05) is 29.2 Å². The Balaban J connectivity index is 1.89. The summed E-state index contributed by atoms with van der Waals surface area (Å²) in [6.07, 6.45) is 3.69. The lowest BCUT2D eigenvalue weighted by molar-refractivity contribution is -0.128. The van der Waals surface area contributed by atoms with E-state index in [4.69, 9.17) is 0 Å². The molecular formula is C16H22N2O2. The highest BCUT2D eigenvalue weighted by atomic mass is 16.2. The van der Waals surface area contributed by atoms with Crippen LogP contribution in [0.1, 0.15) is 48.5 Å². The molecule has 1 aromatic rings. The smallest absolute Gasteiger partial charge is 0.251 e. The number of nitrogens with zero attached hydrogens (tertiary/aromatic N) is 1. The number of carbonyl (C=O) groups is 2. The highest BCUT2D eigenvalue weighted by Gasteiger charge is 2.19. The molecule has 1 aliphatic rings. The molecule has 20 heavy (non-hydrogen) atoms. The second kappa shape index (κ2) is 7.08. The van der Waals surface area contributed by atoms with Gasteiger partial charge in [0.2, 0.25) is 5.91 Å². The number of benzene rings is 1. The van der Waals surface area contributed by atoms with E-state index in [0.717, 1.165) is 37.9 Å². The van der Waals surface area contributed by atoms with Gasteiger partial charge in [0.05, 0.1) is 0 Å². The van der Waals surface area contributed by atoms with Crippen LogP contribution < -0.4 is 5.32 Å². The van der Waals surface area contributed by atoms with Crippen molar-refractivity contribution >= 4 is 11.8 Å². The molecule has 1 N–H and O–H groups in total. The molecule has 1 saturated heterocycles. The van der Waals surface area contributed by atoms with Crippen molar-refractivity contribution in [1.29, 1.82) is 0 Å².